The normalized spacial score (nSPS) is 18.4. The van der Waals surface area contributed by atoms with Gasteiger partial charge in [-0.2, -0.15) is 0 Å². The van der Waals surface area contributed by atoms with Gasteiger partial charge in [-0.25, -0.2) is 0 Å². The van der Waals surface area contributed by atoms with E-state index >= 15 is 0 Å². The minimum Gasteiger partial charge on any atom is -0.330 e. The topological polar surface area (TPSA) is 78.5 Å². The van der Waals surface area contributed by atoms with Gasteiger partial charge in [-0.05, 0) is 43.4 Å². The Kier molecular flexibility index (Phi) is 5.06. The molecule has 0 aromatic heterocycles. The van der Waals surface area contributed by atoms with Crippen molar-refractivity contribution in [1.82, 2.24) is 4.90 Å². The second-order valence-corrected chi connectivity index (χ2v) is 7.21. The van der Waals surface area contributed by atoms with Gasteiger partial charge in [-0.15, -0.1) is 0 Å². The first-order chi connectivity index (χ1) is 12.0. The van der Waals surface area contributed by atoms with Crippen LogP contribution in [0.4, 0.5) is 11.4 Å². The second kappa shape index (κ2) is 7.25. The number of likely N-dealkylation sites (tertiary alicyclic amines) is 1. The Bertz CT molecular complexity index is 682. The van der Waals surface area contributed by atoms with Gasteiger partial charge in [-0.3, -0.25) is 14.4 Å². The van der Waals surface area contributed by atoms with E-state index in [4.69, 9.17) is 0 Å². The summed E-state index contributed by atoms with van der Waals surface area (Å²) in [5.74, 6) is 0.0472. The van der Waals surface area contributed by atoms with E-state index in [-0.39, 0.29) is 29.6 Å². The lowest BCUT2D eigenvalue weighted by atomic mass is 10.0. The number of anilines is 2. The van der Waals surface area contributed by atoms with Crippen molar-refractivity contribution in [2.75, 3.05) is 17.2 Å². The van der Waals surface area contributed by atoms with Gasteiger partial charge in [0.2, 0.25) is 17.7 Å². The van der Waals surface area contributed by atoms with E-state index in [1.807, 2.05) is 13.8 Å². The van der Waals surface area contributed by atoms with E-state index < -0.39 is 6.04 Å². The van der Waals surface area contributed by atoms with Crippen LogP contribution in [0.3, 0.4) is 0 Å². The maximum atomic E-state index is 12.7. The largest absolute Gasteiger partial charge is 0.330 e. The molecule has 2 N–H and O–H groups in total. The number of hydrogen-bond donors (Lipinski definition) is 2. The van der Waals surface area contributed by atoms with Gasteiger partial charge in [-0.1, -0.05) is 19.9 Å². The first-order valence-electron chi connectivity index (χ1n) is 8.97. The van der Waals surface area contributed by atoms with E-state index in [0.717, 1.165) is 19.3 Å². The lowest BCUT2D eigenvalue weighted by Crippen LogP contribution is -2.47. The van der Waals surface area contributed by atoms with Crippen LogP contribution >= 0.6 is 0 Å². The molecule has 1 aromatic rings. The average Bonchev–Trinajstić information content (AvgIpc) is 3.32. The minimum absolute atomic E-state index is 0.0276. The van der Waals surface area contributed by atoms with Crippen molar-refractivity contribution >= 4 is 29.1 Å². The summed E-state index contributed by atoms with van der Waals surface area (Å²) in [6.07, 6.45) is 3.21. The third-order valence-corrected chi connectivity index (χ3v) is 4.69. The highest BCUT2D eigenvalue weighted by Gasteiger charge is 2.35. The molecule has 0 bridgehead atoms. The molecule has 1 aliphatic heterocycles. The number of nitrogens with one attached hydrogen (secondary N) is 2. The van der Waals surface area contributed by atoms with Gasteiger partial charge in [0.05, 0.1) is 0 Å². The van der Waals surface area contributed by atoms with Crippen LogP contribution in [0.25, 0.3) is 0 Å². The zero-order valence-corrected chi connectivity index (χ0v) is 14.7. The van der Waals surface area contributed by atoms with Crippen LogP contribution in [-0.4, -0.2) is 35.2 Å². The molecule has 0 spiro atoms. The molecule has 0 unspecified atom stereocenters. The molecule has 2 aliphatic rings. The van der Waals surface area contributed by atoms with Crippen molar-refractivity contribution in [2.24, 2.45) is 11.8 Å². The van der Waals surface area contributed by atoms with Gasteiger partial charge in [0.1, 0.15) is 6.04 Å². The van der Waals surface area contributed by atoms with Crippen LogP contribution in [0, 0.1) is 11.8 Å². The lowest BCUT2D eigenvalue weighted by molar-refractivity contribution is -0.136. The summed E-state index contributed by atoms with van der Waals surface area (Å²) < 4.78 is 0. The standard InChI is InChI=1S/C19H25N3O3/c1-12(2)17(22-10-4-7-16(22)23)19(25)21-15-6-3-5-14(11-15)20-18(24)13-8-9-13/h3,5-6,11-13,17H,4,7-10H2,1-2H3,(H,20,24)(H,21,25)/t17-/m1/s1. The van der Waals surface area contributed by atoms with Crippen LogP contribution in [0.2, 0.25) is 0 Å². The first kappa shape index (κ1) is 17.5. The maximum absolute atomic E-state index is 12.7. The summed E-state index contributed by atoms with van der Waals surface area (Å²) in [5.41, 5.74) is 1.30. The Morgan fingerprint density at radius 3 is 2.40 bits per heavy atom. The van der Waals surface area contributed by atoms with E-state index in [2.05, 4.69) is 10.6 Å². The Hall–Kier alpha value is -2.37. The molecule has 2 fully saturated rings. The number of carbonyl (C=O) groups is 3. The fraction of sp³-hybridized carbons (Fsp3) is 0.526. The number of nitrogens with zero attached hydrogens (tertiary/aromatic N) is 1. The average molecular weight is 343 g/mol. The minimum atomic E-state index is -0.472. The van der Waals surface area contributed by atoms with E-state index in [9.17, 15) is 14.4 Å². The zero-order valence-electron chi connectivity index (χ0n) is 14.7. The van der Waals surface area contributed by atoms with Crippen molar-refractivity contribution in [3.63, 3.8) is 0 Å². The lowest BCUT2D eigenvalue weighted by Gasteiger charge is -2.29. The smallest absolute Gasteiger partial charge is 0.247 e. The molecule has 0 radical (unpaired) electrons. The van der Waals surface area contributed by atoms with Crippen LogP contribution < -0.4 is 10.6 Å². The van der Waals surface area contributed by atoms with Crippen LogP contribution in [0.1, 0.15) is 39.5 Å². The fourth-order valence-electron chi connectivity index (χ4n) is 3.25. The molecule has 3 amide bonds. The number of hydrogen-bond acceptors (Lipinski definition) is 3. The summed E-state index contributed by atoms with van der Waals surface area (Å²) in [7, 11) is 0. The maximum Gasteiger partial charge on any atom is 0.247 e. The molecule has 6 nitrogen and oxygen atoms in total. The van der Waals surface area contributed by atoms with Crippen molar-refractivity contribution in [3.05, 3.63) is 24.3 Å². The van der Waals surface area contributed by atoms with Gasteiger partial charge < -0.3 is 15.5 Å². The molecule has 1 aromatic carbocycles. The van der Waals surface area contributed by atoms with E-state index in [0.29, 0.717) is 24.3 Å². The molecule has 1 aliphatic carbocycles. The Labute approximate surface area is 148 Å². The summed E-state index contributed by atoms with van der Waals surface area (Å²) in [6.45, 7) is 4.52. The summed E-state index contributed by atoms with van der Waals surface area (Å²) >= 11 is 0. The number of benzene rings is 1. The molecular formula is C19H25N3O3. The molecule has 1 heterocycles. The van der Waals surface area contributed by atoms with Crippen molar-refractivity contribution in [1.29, 1.82) is 0 Å². The van der Waals surface area contributed by atoms with Gasteiger partial charge in [0.25, 0.3) is 0 Å². The monoisotopic (exact) mass is 343 g/mol. The zero-order chi connectivity index (χ0) is 18.0. The highest BCUT2D eigenvalue weighted by molar-refractivity contribution is 5.99. The second-order valence-electron chi connectivity index (χ2n) is 7.21. The number of rotatable bonds is 6. The molecule has 3 rings (SSSR count). The Morgan fingerprint density at radius 2 is 1.84 bits per heavy atom. The third kappa shape index (κ3) is 4.18. The predicted octanol–water partition coefficient (Wildman–Crippen LogP) is 2.62. The fourth-order valence-corrected chi connectivity index (χ4v) is 3.25. The van der Waals surface area contributed by atoms with Crippen molar-refractivity contribution in [2.45, 2.75) is 45.6 Å². The molecule has 1 atom stereocenters. The number of amides is 3. The van der Waals surface area contributed by atoms with Gasteiger partial charge in [0.15, 0.2) is 0 Å². The molecule has 6 heteroatoms. The van der Waals surface area contributed by atoms with Crippen LogP contribution in [0.5, 0.6) is 0 Å². The molecule has 1 saturated heterocycles. The highest BCUT2D eigenvalue weighted by Crippen LogP contribution is 2.30. The van der Waals surface area contributed by atoms with Crippen molar-refractivity contribution < 1.29 is 14.4 Å². The SMILES string of the molecule is CC(C)[C@H](C(=O)Nc1cccc(NC(=O)C2CC2)c1)N1CCCC1=O. The van der Waals surface area contributed by atoms with Crippen molar-refractivity contribution in [3.8, 4) is 0 Å². The van der Waals surface area contributed by atoms with Crippen LogP contribution in [-0.2, 0) is 14.4 Å². The first-order valence-corrected chi connectivity index (χ1v) is 8.97. The molecule has 1 saturated carbocycles. The predicted molar refractivity (Wildman–Crippen MR) is 96.0 cm³/mol. The summed E-state index contributed by atoms with van der Waals surface area (Å²) in [4.78, 5) is 38.3. The Morgan fingerprint density at radius 1 is 1.16 bits per heavy atom. The molecular weight excluding hydrogens is 318 g/mol. The highest BCUT2D eigenvalue weighted by atomic mass is 16.2. The van der Waals surface area contributed by atoms with Gasteiger partial charge >= 0.3 is 0 Å². The quantitative estimate of drug-likeness (QED) is 0.833. The summed E-state index contributed by atoms with van der Waals surface area (Å²) in [6, 6.07) is 6.67. The number of carbonyl (C=O) groups excluding carboxylic acids is 3. The van der Waals surface area contributed by atoms with Crippen LogP contribution in [0.15, 0.2) is 24.3 Å². The third-order valence-electron chi connectivity index (χ3n) is 4.69. The molecule has 25 heavy (non-hydrogen) atoms. The van der Waals surface area contributed by atoms with Gasteiger partial charge in [0, 0.05) is 30.3 Å². The van der Waals surface area contributed by atoms with E-state index in [1.54, 1.807) is 29.2 Å². The summed E-state index contributed by atoms with van der Waals surface area (Å²) in [5, 5.41) is 5.77. The Balaban J connectivity index is 1.68. The molecule has 134 valence electrons. The van der Waals surface area contributed by atoms with E-state index in [1.165, 1.54) is 0 Å².